The molecule has 0 bridgehead atoms. The smallest absolute Gasteiger partial charge is 0.281 e. The summed E-state index contributed by atoms with van der Waals surface area (Å²) in [7, 11) is 0. The maximum Gasteiger partial charge on any atom is 0.281 e. The van der Waals surface area contributed by atoms with E-state index in [0.717, 1.165) is 11.1 Å². The molecule has 2 aromatic heterocycles. The maximum atomic E-state index is 12.2. The van der Waals surface area contributed by atoms with Crippen molar-refractivity contribution in [3.05, 3.63) is 52.8 Å². The maximum absolute atomic E-state index is 12.2. The van der Waals surface area contributed by atoms with E-state index < -0.39 is 11.5 Å². The van der Waals surface area contributed by atoms with Crippen LogP contribution in [0, 0.1) is 0 Å². The zero-order valence-electron chi connectivity index (χ0n) is 16.0. The van der Waals surface area contributed by atoms with Gasteiger partial charge in [0.1, 0.15) is 17.3 Å². The second-order valence-corrected chi connectivity index (χ2v) is 6.35. The molecule has 4 N–H and O–H groups in total. The summed E-state index contributed by atoms with van der Waals surface area (Å²) in [5, 5.41) is 9.94. The molecule has 10 heteroatoms. The molecule has 10 nitrogen and oxygen atoms in total. The van der Waals surface area contributed by atoms with Gasteiger partial charge in [-0.1, -0.05) is 23.4 Å². The number of benzene rings is 2. The topological polar surface area (TPSA) is 149 Å². The fraction of sp³-hybridized carbons (Fsp3) is 0.150. The van der Waals surface area contributed by atoms with Crippen molar-refractivity contribution in [1.82, 2.24) is 25.4 Å². The summed E-state index contributed by atoms with van der Waals surface area (Å²) in [5.41, 5.74) is 7.51. The third kappa shape index (κ3) is 3.83. The first-order valence-corrected chi connectivity index (χ1v) is 9.15. The summed E-state index contributed by atoms with van der Waals surface area (Å²) >= 11 is 0. The molecule has 0 aliphatic carbocycles. The molecule has 2 heterocycles. The minimum Gasteiger partial charge on any atom is -0.493 e. The lowest BCUT2D eigenvalue weighted by molar-refractivity contribution is -0.119. The average molecular weight is 406 g/mol. The Bertz CT molecular complexity index is 1280. The average Bonchev–Trinajstić information content (AvgIpc) is 3.22. The van der Waals surface area contributed by atoms with Crippen molar-refractivity contribution in [2.75, 3.05) is 13.2 Å². The Hall–Kier alpha value is -4.21. The van der Waals surface area contributed by atoms with E-state index in [2.05, 4.69) is 25.4 Å². The van der Waals surface area contributed by atoms with Gasteiger partial charge in [-0.15, -0.1) is 5.10 Å². The number of carbonyl (C=O) groups excluding carboxylic acids is 1. The van der Waals surface area contributed by atoms with E-state index in [9.17, 15) is 9.59 Å². The van der Waals surface area contributed by atoms with Crippen molar-refractivity contribution in [3.63, 3.8) is 0 Å². The van der Waals surface area contributed by atoms with Crippen LogP contribution in [0.25, 0.3) is 33.7 Å². The van der Waals surface area contributed by atoms with Crippen molar-refractivity contribution in [2.45, 2.75) is 6.92 Å². The number of nitrogens with zero attached hydrogens (tertiary/aromatic N) is 3. The van der Waals surface area contributed by atoms with E-state index in [1.807, 2.05) is 37.3 Å². The Morgan fingerprint density at radius 2 is 1.97 bits per heavy atom. The van der Waals surface area contributed by atoms with Gasteiger partial charge >= 0.3 is 0 Å². The van der Waals surface area contributed by atoms with Crippen LogP contribution in [0.15, 0.2) is 47.3 Å². The highest BCUT2D eigenvalue weighted by Crippen LogP contribution is 2.33. The molecule has 2 aromatic carbocycles. The monoisotopic (exact) mass is 406 g/mol. The number of hydrogen-bond donors (Lipinski definition) is 3. The molecule has 0 unspecified atom stereocenters. The Morgan fingerprint density at radius 3 is 2.77 bits per heavy atom. The highest BCUT2D eigenvalue weighted by Gasteiger charge is 2.14. The summed E-state index contributed by atoms with van der Waals surface area (Å²) in [4.78, 5) is 30.3. The number of fused-ring (bicyclic) bond motifs is 1. The summed E-state index contributed by atoms with van der Waals surface area (Å²) in [6.45, 7) is 2.10. The molecule has 0 aliphatic rings. The normalized spacial score (nSPS) is 10.8. The van der Waals surface area contributed by atoms with Crippen molar-refractivity contribution < 1.29 is 14.3 Å². The van der Waals surface area contributed by atoms with Gasteiger partial charge in [-0.2, -0.15) is 0 Å². The molecule has 0 spiro atoms. The van der Waals surface area contributed by atoms with Crippen LogP contribution in [0.5, 0.6) is 11.5 Å². The number of rotatable bonds is 7. The molecule has 4 aromatic rings. The minimum absolute atomic E-state index is 0.140. The van der Waals surface area contributed by atoms with Gasteiger partial charge in [0, 0.05) is 0 Å². The number of nitrogens with two attached hydrogens (primary N) is 1. The van der Waals surface area contributed by atoms with Gasteiger partial charge in [0.15, 0.2) is 17.8 Å². The number of H-pyrrole nitrogens is 2. The number of ether oxygens (including phenoxy) is 2. The zero-order valence-corrected chi connectivity index (χ0v) is 16.0. The quantitative estimate of drug-likeness (QED) is 0.422. The Morgan fingerprint density at radius 1 is 1.13 bits per heavy atom. The number of nitrogens with one attached hydrogen (secondary N) is 2. The number of aromatic amines is 2. The third-order valence-electron chi connectivity index (χ3n) is 4.29. The van der Waals surface area contributed by atoms with Gasteiger partial charge < -0.3 is 20.2 Å². The molecule has 30 heavy (non-hydrogen) atoms. The van der Waals surface area contributed by atoms with Crippen molar-refractivity contribution in [1.29, 1.82) is 0 Å². The SMILES string of the molecule is CCOc1cc(-c2cccc(OCC(N)=O)c2)ccc1-c1nc2[nH]nnc2c(=O)[nH]1. The molecule has 0 atom stereocenters. The first-order valence-electron chi connectivity index (χ1n) is 9.15. The first kappa shape index (κ1) is 19.1. The first-order chi connectivity index (χ1) is 14.5. The number of aromatic nitrogens is 5. The van der Waals surface area contributed by atoms with Crippen LogP contribution in [-0.2, 0) is 4.79 Å². The fourth-order valence-electron chi connectivity index (χ4n) is 2.98. The highest BCUT2D eigenvalue weighted by atomic mass is 16.5. The van der Waals surface area contributed by atoms with Crippen molar-refractivity contribution >= 4 is 17.1 Å². The Balaban J connectivity index is 1.74. The highest BCUT2D eigenvalue weighted by molar-refractivity contribution is 5.77. The minimum atomic E-state index is -0.547. The molecule has 0 saturated heterocycles. The predicted octanol–water partition coefficient (Wildman–Crippen LogP) is 1.64. The number of primary amides is 1. The van der Waals surface area contributed by atoms with E-state index in [0.29, 0.717) is 35.1 Å². The second-order valence-electron chi connectivity index (χ2n) is 6.35. The summed E-state index contributed by atoms with van der Waals surface area (Å²) in [6, 6.07) is 12.8. The predicted molar refractivity (Wildman–Crippen MR) is 109 cm³/mol. The van der Waals surface area contributed by atoms with Crippen LogP contribution in [0.3, 0.4) is 0 Å². The fourth-order valence-corrected chi connectivity index (χ4v) is 2.98. The van der Waals surface area contributed by atoms with Crippen LogP contribution in [0.1, 0.15) is 6.92 Å². The molecule has 0 saturated carbocycles. The third-order valence-corrected chi connectivity index (χ3v) is 4.29. The molecule has 4 rings (SSSR count). The molecule has 0 fully saturated rings. The molecule has 0 aliphatic heterocycles. The van der Waals surface area contributed by atoms with Gasteiger partial charge in [-0.05, 0) is 42.3 Å². The van der Waals surface area contributed by atoms with Crippen molar-refractivity contribution in [3.8, 4) is 34.0 Å². The van der Waals surface area contributed by atoms with E-state index in [1.54, 1.807) is 12.1 Å². The lowest BCUT2D eigenvalue weighted by Gasteiger charge is -2.13. The summed E-state index contributed by atoms with van der Waals surface area (Å²) < 4.78 is 11.2. The standard InChI is InChI=1S/C20H18N6O4/c1-2-29-15-9-12(11-4-3-5-13(8-11)30-10-16(21)27)6-7-14(15)18-22-19-17(20(28)23-18)24-26-25-19/h3-9H,2,10H2,1H3,(H2,21,27)(H2,22,23,24,25,26,28). The van der Waals surface area contributed by atoms with Gasteiger partial charge in [0.05, 0.1) is 12.2 Å². The Labute approximate surface area is 170 Å². The Kier molecular flexibility index (Phi) is 5.12. The van der Waals surface area contributed by atoms with Gasteiger partial charge in [0.25, 0.3) is 11.5 Å². The zero-order chi connectivity index (χ0) is 21.1. The van der Waals surface area contributed by atoms with Crippen LogP contribution in [-0.4, -0.2) is 44.5 Å². The molecular weight excluding hydrogens is 388 g/mol. The van der Waals surface area contributed by atoms with E-state index in [4.69, 9.17) is 15.2 Å². The van der Waals surface area contributed by atoms with Crippen LogP contribution in [0.4, 0.5) is 0 Å². The number of carbonyl (C=O) groups is 1. The second kappa shape index (κ2) is 8.03. The van der Waals surface area contributed by atoms with E-state index in [-0.39, 0.29) is 12.1 Å². The van der Waals surface area contributed by atoms with Gasteiger partial charge in [0.2, 0.25) is 0 Å². The largest absolute Gasteiger partial charge is 0.493 e. The molecule has 152 valence electrons. The van der Waals surface area contributed by atoms with E-state index in [1.165, 1.54) is 0 Å². The molecule has 0 radical (unpaired) electrons. The van der Waals surface area contributed by atoms with E-state index >= 15 is 0 Å². The summed E-state index contributed by atoms with van der Waals surface area (Å²) in [6.07, 6.45) is 0. The number of hydrogen-bond acceptors (Lipinski definition) is 7. The van der Waals surface area contributed by atoms with Gasteiger partial charge in [-0.25, -0.2) is 10.1 Å². The van der Waals surface area contributed by atoms with Crippen LogP contribution < -0.4 is 20.8 Å². The van der Waals surface area contributed by atoms with Crippen molar-refractivity contribution in [2.24, 2.45) is 5.73 Å². The lowest BCUT2D eigenvalue weighted by Crippen LogP contribution is -2.19. The molecule has 1 amide bonds. The van der Waals surface area contributed by atoms with Crippen LogP contribution in [0.2, 0.25) is 0 Å². The number of amides is 1. The van der Waals surface area contributed by atoms with Crippen LogP contribution >= 0.6 is 0 Å². The lowest BCUT2D eigenvalue weighted by atomic mass is 10.0. The van der Waals surface area contributed by atoms with Gasteiger partial charge in [-0.3, -0.25) is 9.59 Å². The molecular formula is C20H18N6O4. The summed E-state index contributed by atoms with van der Waals surface area (Å²) in [5.74, 6) is 0.867.